The lowest BCUT2D eigenvalue weighted by atomic mass is 9.80. The zero-order valence-corrected chi connectivity index (χ0v) is 23.0. The van der Waals surface area contributed by atoms with Crippen LogP contribution in [0.1, 0.15) is 58.4 Å². The molecule has 2 aliphatic heterocycles. The standard InChI is InChI=1S/C29H39N3O4S/c1-4-5-17-32-27(33)26(20-22(2)3)30-28(34)29(32)15-18-31(19-16-29)21-23-11-13-25(14-12-23)37(35,36)24-9-7-6-8-10-24/h6-14,22,26H,4-5,15-21H2,1-3H3,(H,30,34). The lowest BCUT2D eigenvalue weighted by molar-refractivity contribution is -0.161. The van der Waals surface area contributed by atoms with Gasteiger partial charge in [0.15, 0.2) is 0 Å². The van der Waals surface area contributed by atoms with Gasteiger partial charge in [0.05, 0.1) is 9.79 Å². The number of likely N-dealkylation sites (tertiary alicyclic amines) is 1. The van der Waals surface area contributed by atoms with Gasteiger partial charge in [-0.15, -0.1) is 0 Å². The molecular weight excluding hydrogens is 486 g/mol. The summed E-state index contributed by atoms with van der Waals surface area (Å²) in [7, 11) is -3.54. The predicted molar refractivity (Wildman–Crippen MR) is 144 cm³/mol. The Morgan fingerprint density at radius 2 is 1.59 bits per heavy atom. The van der Waals surface area contributed by atoms with Gasteiger partial charge in [-0.25, -0.2) is 8.42 Å². The van der Waals surface area contributed by atoms with Crippen LogP contribution in [0.25, 0.3) is 0 Å². The minimum absolute atomic E-state index is 0.0102. The lowest BCUT2D eigenvalue weighted by Gasteiger charge is -2.52. The first-order valence-electron chi connectivity index (χ1n) is 13.4. The largest absolute Gasteiger partial charge is 0.342 e. The summed E-state index contributed by atoms with van der Waals surface area (Å²) in [5, 5.41) is 3.06. The van der Waals surface area contributed by atoms with Crippen molar-refractivity contribution in [2.45, 2.75) is 80.8 Å². The van der Waals surface area contributed by atoms with E-state index in [4.69, 9.17) is 0 Å². The van der Waals surface area contributed by atoms with Crippen molar-refractivity contribution in [3.05, 3.63) is 60.2 Å². The van der Waals surface area contributed by atoms with Crippen molar-refractivity contribution >= 4 is 21.7 Å². The molecule has 2 amide bonds. The van der Waals surface area contributed by atoms with E-state index in [9.17, 15) is 18.0 Å². The van der Waals surface area contributed by atoms with Gasteiger partial charge in [-0.2, -0.15) is 0 Å². The average Bonchev–Trinajstić information content (AvgIpc) is 2.89. The molecule has 1 spiro atoms. The number of unbranched alkanes of at least 4 members (excludes halogenated alkanes) is 1. The van der Waals surface area contributed by atoms with E-state index in [2.05, 4.69) is 31.0 Å². The van der Waals surface area contributed by atoms with Gasteiger partial charge in [-0.1, -0.05) is 57.5 Å². The van der Waals surface area contributed by atoms with Gasteiger partial charge in [-0.05, 0) is 61.4 Å². The number of hydrogen-bond donors (Lipinski definition) is 1. The molecule has 4 rings (SSSR count). The number of amides is 2. The maximum Gasteiger partial charge on any atom is 0.246 e. The summed E-state index contributed by atoms with van der Waals surface area (Å²) in [6.07, 6.45) is 3.72. The molecule has 8 heteroatoms. The number of hydrogen-bond acceptors (Lipinski definition) is 5. The summed E-state index contributed by atoms with van der Waals surface area (Å²) in [5.41, 5.74) is 0.246. The Labute approximate surface area is 221 Å². The summed E-state index contributed by atoms with van der Waals surface area (Å²) in [6.45, 7) is 8.93. The molecule has 0 bridgehead atoms. The Hall–Kier alpha value is -2.71. The zero-order valence-electron chi connectivity index (χ0n) is 22.2. The Morgan fingerprint density at radius 3 is 2.19 bits per heavy atom. The summed E-state index contributed by atoms with van der Waals surface area (Å²) in [6, 6.07) is 15.1. The van der Waals surface area contributed by atoms with Crippen LogP contribution in [0.5, 0.6) is 0 Å². The van der Waals surface area contributed by atoms with Crippen molar-refractivity contribution in [2.75, 3.05) is 19.6 Å². The van der Waals surface area contributed by atoms with Crippen molar-refractivity contribution in [1.82, 2.24) is 15.1 Å². The van der Waals surface area contributed by atoms with Crippen molar-refractivity contribution in [3.8, 4) is 0 Å². The lowest BCUT2D eigenvalue weighted by Crippen LogP contribution is -2.73. The summed E-state index contributed by atoms with van der Waals surface area (Å²) in [5.74, 6) is 0.377. The monoisotopic (exact) mass is 525 g/mol. The number of piperidine rings is 1. The van der Waals surface area contributed by atoms with Crippen LogP contribution in [0, 0.1) is 5.92 Å². The molecule has 2 fully saturated rings. The van der Waals surface area contributed by atoms with Gasteiger partial charge in [0.1, 0.15) is 11.6 Å². The SMILES string of the molecule is CCCCN1C(=O)C(CC(C)C)NC(=O)C12CCN(Cc1ccc(S(=O)(=O)c3ccccc3)cc1)CC2. The first-order chi connectivity index (χ1) is 17.7. The van der Waals surface area contributed by atoms with Crippen molar-refractivity contribution < 1.29 is 18.0 Å². The normalized spacial score (nSPS) is 20.4. The second-order valence-electron chi connectivity index (χ2n) is 10.8. The number of carbonyl (C=O) groups excluding carboxylic acids is 2. The summed E-state index contributed by atoms with van der Waals surface area (Å²) < 4.78 is 25.7. The molecule has 2 aliphatic rings. The molecule has 1 N–H and O–H groups in total. The third kappa shape index (κ3) is 5.75. The third-order valence-electron chi connectivity index (χ3n) is 7.63. The van der Waals surface area contributed by atoms with E-state index >= 15 is 0 Å². The second kappa shape index (κ2) is 11.4. The smallest absolute Gasteiger partial charge is 0.246 e. The van der Waals surface area contributed by atoms with E-state index in [0.29, 0.717) is 51.4 Å². The highest BCUT2D eigenvalue weighted by molar-refractivity contribution is 7.91. The molecule has 0 aromatic heterocycles. The van der Waals surface area contributed by atoms with E-state index in [1.807, 2.05) is 17.0 Å². The molecule has 0 saturated carbocycles. The quantitative estimate of drug-likeness (QED) is 0.534. The number of benzene rings is 2. The Kier molecular flexibility index (Phi) is 8.39. The minimum atomic E-state index is -3.54. The number of piperazine rings is 1. The van der Waals surface area contributed by atoms with Crippen molar-refractivity contribution in [1.29, 1.82) is 0 Å². The molecule has 37 heavy (non-hydrogen) atoms. The molecular formula is C29H39N3O4S. The topological polar surface area (TPSA) is 86.8 Å². The van der Waals surface area contributed by atoms with Gasteiger partial charge in [0.2, 0.25) is 21.7 Å². The molecule has 2 aromatic rings. The fourth-order valence-electron chi connectivity index (χ4n) is 5.49. The van der Waals surface area contributed by atoms with E-state index in [0.717, 1.165) is 18.4 Å². The molecule has 0 radical (unpaired) electrons. The number of carbonyl (C=O) groups is 2. The second-order valence-corrected chi connectivity index (χ2v) is 12.7. The number of nitrogens with zero attached hydrogens (tertiary/aromatic N) is 2. The van der Waals surface area contributed by atoms with Crippen LogP contribution in [0.15, 0.2) is 64.4 Å². The number of nitrogens with one attached hydrogen (secondary N) is 1. The maximum absolute atomic E-state index is 13.4. The van der Waals surface area contributed by atoms with Crippen LogP contribution in [0.3, 0.4) is 0 Å². The molecule has 1 atom stereocenters. The first-order valence-corrected chi connectivity index (χ1v) is 14.9. The van der Waals surface area contributed by atoms with E-state index < -0.39 is 21.4 Å². The highest BCUT2D eigenvalue weighted by Gasteiger charge is 2.53. The molecule has 1 unspecified atom stereocenters. The van der Waals surface area contributed by atoms with Crippen LogP contribution in [0.4, 0.5) is 0 Å². The van der Waals surface area contributed by atoms with Crippen LogP contribution in [-0.2, 0) is 26.0 Å². The van der Waals surface area contributed by atoms with E-state index in [-0.39, 0.29) is 21.6 Å². The average molecular weight is 526 g/mol. The number of sulfone groups is 1. The fourth-order valence-corrected chi connectivity index (χ4v) is 6.78. The Balaban J connectivity index is 1.43. The fraction of sp³-hybridized carbons (Fsp3) is 0.517. The molecule has 2 heterocycles. The molecule has 7 nitrogen and oxygen atoms in total. The summed E-state index contributed by atoms with van der Waals surface area (Å²) >= 11 is 0. The van der Waals surface area contributed by atoms with Crippen molar-refractivity contribution in [3.63, 3.8) is 0 Å². The Morgan fingerprint density at radius 1 is 0.973 bits per heavy atom. The highest BCUT2D eigenvalue weighted by Crippen LogP contribution is 2.35. The van der Waals surface area contributed by atoms with Crippen LogP contribution < -0.4 is 5.32 Å². The van der Waals surface area contributed by atoms with Crippen LogP contribution in [0.2, 0.25) is 0 Å². The number of rotatable bonds is 9. The first kappa shape index (κ1) is 27.3. The van der Waals surface area contributed by atoms with E-state index in [1.54, 1.807) is 42.5 Å². The molecule has 2 saturated heterocycles. The highest BCUT2D eigenvalue weighted by atomic mass is 32.2. The van der Waals surface area contributed by atoms with Gasteiger partial charge in [-0.3, -0.25) is 14.5 Å². The van der Waals surface area contributed by atoms with Gasteiger partial charge < -0.3 is 10.2 Å². The van der Waals surface area contributed by atoms with Gasteiger partial charge in [0, 0.05) is 26.2 Å². The predicted octanol–water partition coefficient (Wildman–Crippen LogP) is 4.03. The third-order valence-corrected chi connectivity index (χ3v) is 9.41. The van der Waals surface area contributed by atoms with Crippen LogP contribution >= 0.6 is 0 Å². The van der Waals surface area contributed by atoms with Gasteiger partial charge in [0.25, 0.3) is 0 Å². The van der Waals surface area contributed by atoms with Crippen LogP contribution in [-0.4, -0.2) is 61.2 Å². The molecule has 200 valence electrons. The Bertz CT molecular complexity index is 1190. The van der Waals surface area contributed by atoms with Crippen molar-refractivity contribution in [2.24, 2.45) is 5.92 Å². The van der Waals surface area contributed by atoms with Gasteiger partial charge >= 0.3 is 0 Å². The maximum atomic E-state index is 13.4. The molecule has 2 aromatic carbocycles. The molecule has 0 aliphatic carbocycles. The minimum Gasteiger partial charge on any atom is -0.342 e. The summed E-state index contributed by atoms with van der Waals surface area (Å²) in [4.78, 5) is 31.6. The zero-order chi connectivity index (χ0) is 26.6. The van der Waals surface area contributed by atoms with E-state index in [1.165, 1.54) is 0 Å².